The van der Waals surface area contributed by atoms with Gasteiger partial charge in [-0.3, -0.25) is 4.79 Å². The summed E-state index contributed by atoms with van der Waals surface area (Å²) in [6.45, 7) is 6.00. The highest BCUT2D eigenvalue weighted by Gasteiger charge is 2.22. The number of benzene rings is 2. The van der Waals surface area contributed by atoms with Crippen LogP contribution >= 0.6 is 0 Å². The van der Waals surface area contributed by atoms with Crippen LogP contribution in [0.15, 0.2) is 47.4 Å². The second-order valence-corrected chi connectivity index (χ2v) is 7.92. The summed E-state index contributed by atoms with van der Waals surface area (Å²) in [5.41, 5.74) is 0.686. The number of carbonyl (C=O) groups is 1. The molecule has 146 valence electrons. The number of rotatable bonds is 7. The topological polar surface area (TPSA) is 66.5 Å². The van der Waals surface area contributed by atoms with Crippen molar-refractivity contribution in [3.8, 4) is 0 Å². The van der Waals surface area contributed by atoms with Crippen molar-refractivity contribution >= 4 is 15.9 Å². The summed E-state index contributed by atoms with van der Waals surface area (Å²) in [4.78, 5) is 12.4. The smallest absolute Gasteiger partial charge is 0.251 e. The van der Waals surface area contributed by atoms with Gasteiger partial charge >= 0.3 is 0 Å². The SMILES string of the molecule is CCN(CC)S(=O)(=O)c1ccc(C(C)NC(=O)c2ccc(F)c(F)c2)cc1. The molecule has 0 bridgehead atoms. The summed E-state index contributed by atoms with van der Waals surface area (Å²) in [7, 11) is -3.55. The monoisotopic (exact) mass is 396 g/mol. The molecule has 1 atom stereocenters. The predicted molar refractivity (Wildman–Crippen MR) is 98.8 cm³/mol. The van der Waals surface area contributed by atoms with Crippen LogP contribution in [0.3, 0.4) is 0 Å². The zero-order chi connectivity index (χ0) is 20.2. The van der Waals surface area contributed by atoms with Gasteiger partial charge in [0.2, 0.25) is 10.0 Å². The van der Waals surface area contributed by atoms with E-state index in [9.17, 15) is 22.0 Å². The molecule has 0 spiro atoms. The van der Waals surface area contributed by atoms with Gasteiger partial charge in [0.15, 0.2) is 11.6 Å². The average Bonchev–Trinajstić information content (AvgIpc) is 2.64. The molecular weight excluding hydrogens is 374 g/mol. The van der Waals surface area contributed by atoms with E-state index in [1.54, 1.807) is 32.9 Å². The lowest BCUT2D eigenvalue weighted by Gasteiger charge is -2.19. The maximum absolute atomic E-state index is 13.3. The van der Waals surface area contributed by atoms with Gasteiger partial charge in [0, 0.05) is 18.7 Å². The Morgan fingerprint density at radius 1 is 1.04 bits per heavy atom. The lowest BCUT2D eigenvalue weighted by molar-refractivity contribution is 0.0939. The van der Waals surface area contributed by atoms with Crippen LogP contribution in [0.5, 0.6) is 0 Å². The van der Waals surface area contributed by atoms with Crippen molar-refractivity contribution in [1.82, 2.24) is 9.62 Å². The molecule has 2 rings (SSSR count). The van der Waals surface area contributed by atoms with E-state index in [2.05, 4.69) is 5.32 Å². The van der Waals surface area contributed by atoms with Gasteiger partial charge in [-0.2, -0.15) is 4.31 Å². The highest BCUT2D eigenvalue weighted by Crippen LogP contribution is 2.20. The molecule has 0 aliphatic rings. The first-order valence-corrected chi connectivity index (χ1v) is 10.0. The van der Waals surface area contributed by atoms with E-state index in [1.807, 2.05) is 0 Å². The van der Waals surface area contributed by atoms with Gasteiger partial charge in [-0.15, -0.1) is 0 Å². The minimum atomic E-state index is -3.55. The van der Waals surface area contributed by atoms with E-state index in [4.69, 9.17) is 0 Å². The molecule has 0 radical (unpaired) electrons. The molecule has 27 heavy (non-hydrogen) atoms. The van der Waals surface area contributed by atoms with Gasteiger partial charge in [-0.25, -0.2) is 17.2 Å². The Balaban J connectivity index is 2.14. The van der Waals surface area contributed by atoms with Crippen LogP contribution in [-0.4, -0.2) is 31.7 Å². The van der Waals surface area contributed by atoms with Gasteiger partial charge in [-0.05, 0) is 42.8 Å². The van der Waals surface area contributed by atoms with Crippen molar-refractivity contribution in [3.63, 3.8) is 0 Å². The number of nitrogens with one attached hydrogen (secondary N) is 1. The first kappa shape index (κ1) is 21.0. The third kappa shape index (κ3) is 4.70. The normalized spacial score (nSPS) is 12.8. The summed E-state index contributed by atoms with van der Waals surface area (Å²) >= 11 is 0. The van der Waals surface area contributed by atoms with Gasteiger partial charge in [0.05, 0.1) is 10.9 Å². The number of nitrogens with zero attached hydrogens (tertiary/aromatic N) is 1. The Morgan fingerprint density at radius 3 is 2.15 bits per heavy atom. The van der Waals surface area contributed by atoms with Crippen molar-refractivity contribution < 1.29 is 22.0 Å². The van der Waals surface area contributed by atoms with Crippen molar-refractivity contribution in [1.29, 1.82) is 0 Å². The van der Waals surface area contributed by atoms with Crippen LogP contribution in [-0.2, 0) is 10.0 Å². The van der Waals surface area contributed by atoms with Crippen LogP contribution in [0, 0.1) is 11.6 Å². The highest BCUT2D eigenvalue weighted by atomic mass is 32.2. The molecule has 0 aliphatic carbocycles. The molecule has 5 nitrogen and oxygen atoms in total. The minimum absolute atomic E-state index is 0.00137. The molecule has 0 saturated carbocycles. The third-order valence-corrected chi connectivity index (χ3v) is 6.32. The molecule has 1 N–H and O–H groups in total. The fraction of sp³-hybridized carbons (Fsp3) is 0.316. The molecule has 0 heterocycles. The maximum Gasteiger partial charge on any atom is 0.251 e. The van der Waals surface area contributed by atoms with E-state index < -0.39 is 33.6 Å². The Hall–Kier alpha value is -2.32. The number of sulfonamides is 1. The zero-order valence-electron chi connectivity index (χ0n) is 15.4. The lowest BCUT2D eigenvalue weighted by atomic mass is 10.1. The van der Waals surface area contributed by atoms with Crippen LogP contribution in [0.4, 0.5) is 8.78 Å². The molecule has 0 saturated heterocycles. The Labute approximate surface area is 158 Å². The third-order valence-electron chi connectivity index (χ3n) is 4.25. The highest BCUT2D eigenvalue weighted by molar-refractivity contribution is 7.89. The maximum atomic E-state index is 13.3. The molecule has 1 amide bonds. The molecular formula is C19H22F2N2O3S. The molecule has 8 heteroatoms. The number of hydrogen-bond acceptors (Lipinski definition) is 3. The second-order valence-electron chi connectivity index (χ2n) is 5.98. The van der Waals surface area contributed by atoms with Gasteiger partial charge in [0.1, 0.15) is 0 Å². The number of hydrogen-bond donors (Lipinski definition) is 1. The van der Waals surface area contributed by atoms with E-state index >= 15 is 0 Å². The molecule has 0 fully saturated rings. The van der Waals surface area contributed by atoms with Crippen molar-refractivity contribution in [2.45, 2.75) is 31.7 Å². The van der Waals surface area contributed by atoms with Gasteiger partial charge in [-0.1, -0.05) is 26.0 Å². The summed E-state index contributed by atoms with van der Waals surface area (Å²) in [6, 6.07) is 8.68. The average molecular weight is 396 g/mol. The summed E-state index contributed by atoms with van der Waals surface area (Å²) in [6.07, 6.45) is 0. The fourth-order valence-electron chi connectivity index (χ4n) is 2.64. The van der Waals surface area contributed by atoms with E-state index in [0.29, 0.717) is 18.7 Å². The van der Waals surface area contributed by atoms with E-state index in [-0.39, 0.29) is 10.5 Å². The summed E-state index contributed by atoms with van der Waals surface area (Å²) < 4.78 is 52.6. The molecule has 0 aliphatic heterocycles. The van der Waals surface area contributed by atoms with Gasteiger partial charge < -0.3 is 5.32 Å². The number of amides is 1. The largest absolute Gasteiger partial charge is 0.346 e. The van der Waals surface area contributed by atoms with Crippen LogP contribution in [0.25, 0.3) is 0 Å². The molecule has 2 aromatic carbocycles. The number of halogens is 2. The van der Waals surface area contributed by atoms with Crippen LogP contribution in [0.2, 0.25) is 0 Å². The molecule has 0 aromatic heterocycles. The van der Waals surface area contributed by atoms with Crippen LogP contribution < -0.4 is 5.32 Å². The Morgan fingerprint density at radius 2 is 1.63 bits per heavy atom. The van der Waals surface area contributed by atoms with Gasteiger partial charge in [0.25, 0.3) is 5.91 Å². The molecule has 1 unspecified atom stereocenters. The quantitative estimate of drug-likeness (QED) is 0.779. The van der Waals surface area contributed by atoms with E-state index in [0.717, 1.165) is 12.1 Å². The summed E-state index contributed by atoms with van der Waals surface area (Å²) in [5.74, 6) is -2.67. The van der Waals surface area contributed by atoms with Crippen molar-refractivity contribution in [2.24, 2.45) is 0 Å². The lowest BCUT2D eigenvalue weighted by Crippen LogP contribution is -2.30. The van der Waals surface area contributed by atoms with Crippen molar-refractivity contribution in [2.75, 3.05) is 13.1 Å². The Kier molecular flexibility index (Phi) is 6.67. The first-order valence-electron chi connectivity index (χ1n) is 8.56. The van der Waals surface area contributed by atoms with Crippen molar-refractivity contribution in [3.05, 3.63) is 65.2 Å². The Bertz CT molecular complexity index is 911. The fourth-order valence-corrected chi connectivity index (χ4v) is 4.10. The molecule has 2 aromatic rings. The van der Waals surface area contributed by atoms with E-state index in [1.165, 1.54) is 22.5 Å². The second kappa shape index (κ2) is 8.58. The predicted octanol–water partition coefficient (Wildman–Crippen LogP) is 3.49. The first-order chi connectivity index (χ1) is 12.7. The van der Waals surface area contributed by atoms with Crippen LogP contribution in [0.1, 0.15) is 42.7 Å². The summed E-state index contributed by atoms with van der Waals surface area (Å²) in [5, 5.41) is 2.67. The number of carbonyl (C=O) groups excluding carboxylic acids is 1. The minimum Gasteiger partial charge on any atom is -0.346 e. The standard InChI is InChI=1S/C19H22F2N2O3S/c1-4-23(5-2)27(25,26)16-9-6-14(7-10-16)13(3)22-19(24)15-8-11-17(20)18(21)12-15/h6-13H,4-5H2,1-3H3,(H,22,24). The zero-order valence-corrected chi connectivity index (χ0v) is 16.2.